The van der Waals surface area contributed by atoms with E-state index >= 15 is 0 Å². The van der Waals surface area contributed by atoms with Crippen LogP contribution in [0.1, 0.15) is 11.1 Å². The van der Waals surface area contributed by atoms with E-state index in [0.29, 0.717) is 19.4 Å². The number of nitrogens with two attached hydrogens (primary N) is 1. The zero-order chi connectivity index (χ0) is 12.7. The summed E-state index contributed by atoms with van der Waals surface area (Å²) in [6, 6.07) is 4.79. The summed E-state index contributed by atoms with van der Waals surface area (Å²) in [6.07, 6.45) is 0.562. The van der Waals surface area contributed by atoms with Gasteiger partial charge in [-0.15, -0.1) is 0 Å². The van der Waals surface area contributed by atoms with Crippen molar-refractivity contribution in [2.75, 3.05) is 6.54 Å². The molecule has 1 aromatic rings. The molecular formula is C10H13NO5S. The van der Waals surface area contributed by atoms with Crippen LogP contribution in [0.15, 0.2) is 18.2 Å². The van der Waals surface area contributed by atoms with E-state index in [-0.39, 0.29) is 12.4 Å². The molecule has 17 heavy (non-hydrogen) atoms. The van der Waals surface area contributed by atoms with Crippen molar-refractivity contribution in [3.8, 4) is 5.75 Å². The average molecular weight is 259 g/mol. The third kappa shape index (κ3) is 4.51. The molecule has 7 heteroatoms. The number of benzene rings is 1. The van der Waals surface area contributed by atoms with Crippen molar-refractivity contribution in [1.82, 2.24) is 0 Å². The summed E-state index contributed by atoms with van der Waals surface area (Å²) in [4.78, 5) is 10.1. The highest BCUT2D eigenvalue weighted by atomic mass is 32.2. The molecule has 0 aliphatic heterocycles. The lowest BCUT2D eigenvalue weighted by Gasteiger charge is -2.09. The molecule has 94 valence electrons. The molecule has 1 aromatic carbocycles. The molecule has 6 nitrogen and oxygen atoms in total. The largest absolute Gasteiger partial charge is 0.463 e. The quantitative estimate of drug-likeness (QED) is 0.542. The van der Waals surface area contributed by atoms with Crippen LogP contribution in [0.2, 0.25) is 0 Å². The molecule has 0 aliphatic rings. The van der Waals surface area contributed by atoms with Gasteiger partial charge >= 0.3 is 11.4 Å². The Balaban J connectivity index is 2.90. The van der Waals surface area contributed by atoms with Crippen LogP contribution in [-0.2, 0) is 33.9 Å². The van der Waals surface area contributed by atoms with Gasteiger partial charge in [0.2, 0.25) is 0 Å². The van der Waals surface area contributed by atoms with Gasteiger partial charge in [-0.1, -0.05) is 6.07 Å². The van der Waals surface area contributed by atoms with E-state index in [2.05, 4.69) is 8.92 Å². The fraction of sp³-hybridized carbons (Fsp3) is 0.300. The highest BCUT2D eigenvalue weighted by Gasteiger charge is 2.06. The Morgan fingerprint density at radius 3 is 2.76 bits per heavy atom. The Kier molecular flexibility index (Phi) is 5.61. The molecule has 0 radical (unpaired) electrons. The van der Waals surface area contributed by atoms with Crippen molar-refractivity contribution in [3.63, 3.8) is 0 Å². The lowest BCUT2D eigenvalue weighted by atomic mass is 10.0. The van der Waals surface area contributed by atoms with Crippen LogP contribution in [0.3, 0.4) is 0 Å². The first-order valence-corrected chi connectivity index (χ1v) is 5.87. The second kappa shape index (κ2) is 7.00. The number of hydrogen-bond acceptors (Lipinski definition) is 5. The molecule has 1 rings (SSSR count). The Labute approximate surface area is 101 Å². The van der Waals surface area contributed by atoms with Gasteiger partial charge in [-0.25, -0.2) is 0 Å². The smallest absolute Gasteiger partial charge is 0.357 e. The van der Waals surface area contributed by atoms with E-state index in [9.17, 15) is 9.00 Å². The normalized spacial score (nSPS) is 11.9. The molecule has 0 heterocycles. The van der Waals surface area contributed by atoms with Gasteiger partial charge in [-0.05, 0) is 36.2 Å². The Hall–Kier alpha value is -1.44. The number of ether oxygens (including phenoxy) is 1. The minimum Gasteiger partial charge on any atom is -0.463 e. The second-order valence-electron chi connectivity index (χ2n) is 3.18. The first-order valence-electron chi connectivity index (χ1n) is 4.83. The standard InChI is InChI=1S/C10H13NO5S/c11-4-3-8-5-10(16-17(13)14)2-1-9(8)6-15-7-12/h1-2,5,7H,3-4,6,11H2,(H,13,14). The second-order valence-corrected chi connectivity index (χ2v) is 3.78. The first-order chi connectivity index (χ1) is 8.17. The third-order valence-electron chi connectivity index (χ3n) is 2.07. The molecular weight excluding hydrogens is 246 g/mol. The van der Waals surface area contributed by atoms with Gasteiger partial charge in [0, 0.05) is 0 Å². The highest BCUT2D eigenvalue weighted by Crippen LogP contribution is 2.19. The maximum atomic E-state index is 10.5. The van der Waals surface area contributed by atoms with E-state index < -0.39 is 11.4 Å². The maximum Gasteiger partial charge on any atom is 0.357 e. The molecule has 0 saturated heterocycles. The van der Waals surface area contributed by atoms with Crippen LogP contribution >= 0.6 is 0 Å². The predicted molar refractivity (Wildman–Crippen MR) is 61.5 cm³/mol. The monoisotopic (exact) mass is 259 g/mol. The number of rotatable bonds is 7. The van der Waals surface area contributed by atoms with Crippen molar-refractivity contribution in [2.45, 2.75) is 13.0 Å². The van der Waals surface area contributed by atoms with E-state index in [4.69, 9.17) is 10.3 Å². The van der Waals surface area contributed by atoms with E-state index in [1.54, 1.807) is 12.1 Å². The summed E-state index contributed by atoms with van der Waals surface area (Å²) in [7, 11) is 0. The third-order valence-corrected chi connectivity index (χ3v) is 2.40. The Morgan fingerprint density at radius 1 is 1.41 bits per heavy atom. The van der Waals surface area contributed by atoms with Crippen molar-refractivity contribution in [2.24, 2.45) is 5.73 Å². The number of carbonyl (C=O) groups is 1. The van der Waals surface area contributed by atoms with Gasteiger partial charge in [0.05, 0.1) is 0 Å². The van der Waals surface area contributed by atoms with Gasteiger partial charge in [-0.2, -0.15) is 4.21 Å². The van der Waals surface area contributed by atoms with E-state index in [1.807, 2.05) is 0 Å². The fourth-order valence-electron chi connectivity index (χ4n) is 1.39. The highest BCUT2D eigenvalue weighted by molar-refractivity contribution is 7.74. The Bertz CT molecular complexity index is 410. The summed E-state index contributed by atoms with van der Waals surface area (Å²) in [5, 5.41) is 0. The minimum absolute atomic E-state index is 0.140. The molecule has 0 aromatic heterocycles. The van der Waals surface area contributed by atoms with Gasteiger partial charge in [-0.3, -0.25) is 9.35 Å². The van der Waals surface area contributed by atoms with Crippen LogP contribution in [0.25, 0.3) is 0 Å². The topological polar surface area (TPSA) is 98.8 Å². The molecule has 0 bridgehead atoms. The SMILES string of the molecule is NCCc1cc(OS(=O)O)ccc1COC=O. The Morgan fingerprint density at radius 2 is 2.18 bits per heavy atom. The van der Waals surface area contributed by atoms with Crippen LogP contribution in [-0.4, -0.2) is 21.8 Å². The van der Waals surface area contributed by atoms with Crippen LogP contribution in [0.5, 0.6) is 5.75 Å². The molecule has 3 N–H and O–H groups in total. The molecule has 0 aliphatic carbocycles. The molecule has 0 amide bonds. The van der Waals surface area contributed by atoms with Crippen LogP contribution < -0.4 is 9.92 Å². The lowest BCUT2D eigenvalue weighted by Crippen LogP contribution is -2.07. The summed E-state index contributed by atoms with van der Waals surface area (Å²) in [5.41, 5.74) is 7.06. The van der Waals surface area contributed by atoms with Crippen LogP contribution in [0.4, 0.5) is 0 Å². The summed E-state index contributed by atoms with van der Waals surface area (Å²) < 4.78 is 28.4. The van der Waals surface area contributed by atoms with Crippen molar-refractivity contribution in [1.29, 1.82) is 0 Å². The summed E-state index contributed by atoms with van der Waals surface area (Å²) in [6.45, 7) is 0.917. The van der Waals surface area contributed by atoms with Crippen molar-refractivity contribution < 1.29 is 22.5 Å². The average Bonchev–Trinajstić information content (AvgIpc) is 2.28. The molecule has 0 spiro atoms. The zero-order valence-corrected chi connectivity index (χ0v) is 9.81. The fourth-order valence-corrected chi connectivity index (χ4v) is 1.66. The molecule has 0 saturated carbocycles. The number of carbonyl (C=O) groups excluding carboxylic acids is 1. The van der Waals surface area contributed by atoms with E-state index in [0.717, 1.165) is 11.1 Å². The van der Waals surface area contributed by atoms with E-state index in [1.165, 1.54) is 6.07 Å². The number of hydrogen-bond donors (Lipinski definition) is 2. The summed E-state index contributed by atoms with van der Waals surface area (Å²) in [5.74, 6) is 0.268. The predicted octanol–water partition coefficient (Wildman–Crippen LogP) is 0.376. The minimum atomic E-state index is -2.36. The van der Waals surface area contributed by atoms with Crippen LogP contribution in [0, 0.1) is 0 Å². The molecule has 1 unspecified atom stereocenters. The van der Waals surface area contributed by atoms with Gasteiger partial charge in [0.15, 0.2) is 0 Å². The van der Waals surface area contributed by atoms with Crippen molar-refractivity contribution >= 4 is 17.8 Å². The maximum absolute atomic E-state index is 10.5. The molecule has 0 fully saturated rings. The lowest BCUT2D eigenvalue weighted by molar-refractivity contribution is -0.129. The zero-order valence-electron chi connectivity index (χ0n) is 9.00. The van der Waals surface area contributed by atoms with Gasteiger partial charge < -0.3 is 14.7 Å². The molecule has 1 atom stereocenters. The van der Waals surface area contributed by atoms with Gasteiger partial charge in [0.25, 0.3) is 6.47 Å². The summed E-state index contributed by atoms with van der Waals surface area (Å²) >= 11 is -2.36. The van der Waals surface area contributed by atoms with Gasteiger partial charge in [0.1, 0.15) is 12.4 Å². The first kappa shape index (κ1) is 13.6. The van der Waals surface area contributed by atoms with Crippen molar-refractivity contribution in [3.05, 3.63) is 29.3 Å².